The maximum absolute atomic E-state index is 11.7. The minimum atomic E-state index is -3.13. The summed E-state index contributed by atoms with van der Waals surface area (Å²) in [5.41, 5.74) is 1.37. The van der Waals surface area contributed by atoms with Crippen molar-refractivity contribution in [2.45, 2.75) is 44.6 Å². The Balaban J connectivity index is 1.91. The van der Waals surface area contributed by atoms with Crippen molar-refractivity contribution in [3.05, 3.63) is 35.9 Å². The van der Waals surface area contributed by atoms with Crippen LogP contribution in [0.2, 0.25) is 0 Å². The van der Waals surface area contributed by atoms with Crippen LogP contribution in [-0.4, -0.2) is 33.3 Å². The lowest BCUT2D eigenvalue weighted by atomic mass is 9.80. The third-order valence-electron chi connectivity index (χ3n) is 4.14. The molecule has 1 aliphatic carbocycles. The summed E-state index contributed by atoms with van der Waals surface area (Å²) in [6, 6.07) is 10.9. The van der Waals surface area contributed by atoms with Crippen molar-refractivity contribution >= 4 is 10.0 Å². The number of rotatable bonds is 7. The van der Waals surface area contributed by atoms with E-state index in [1.165, 1.54) is 24.8 Å². The Morgan fingerprint density at radius 3 is 2.57 bits per heavy atom. The van der Waals surface area contributed by atoms with Gasteiger partial charge < -0.3 is 5.32 Å². The molecule has 0 spiro atoms. The van der Waals surface area contributed by atoms with Crippen LogP contribution in [0.3, 0.4) is 0 Å². The van der Waals surface area contributed by atoms with E-state index in [1.54, 1.807) is 6.92 Å². The van der Waals surface area contributed by atoms with Gasteiger partial charge in [0.25, 0.3) is 0 Å². The molecule has 2 atom stereocenters. The molecule has 1 fully saturated rings. The highest BCUT2D eigenvalue weighted by molar-refractivity contribution is 7.89. The van der Waals surface area contributed by atoms with Crippen LogP contribution >= 0.6 is 0 Å². The Kier molecular flexibility index (Phi) is 6.21. The fourth-order valence-electron chi connectivity index (χ4n) is 3.15. The summed E-state index contributed by atoms with van der Waals surface area (Å²) in [6.45, 7) is 2.78. The van der Waals surface area contributed by atoms with E-state index in [0.29, 0.717) is 25.0 Å². The Labute approximate surface area is 128 Å². The number of nitrogens with one attached hydrogen (secondary N) is 2. The lowest BCUT2D eigenvalue weighted by Gasteiger charge is -2.32. The molecule has 1 saturated carbocycles. The predicted octanol–water partition coefficient (Wildman–Crippen LogP) is 2.24. The van der Waals surface area contributed by atoms with Gasteiger partial charge in [0.15, 0.2) is 0 Å². The smallest absolute Gasteiger partial charge is 0.212 e. The number of sulfonamides is 1. The molecule has 2 N–H and O–H groups in total. The van der Waals surface area contributed by atoms with Crippen LogP contribution in [0.25, 0.3) is 0 Å². The third-order valence-corrected chi connectivity index (χ3v) is 5.61. The Bertz CT molecular complexity index is 516. The van der Waals surface area contributed by atoms with Gasteiger partial charge >= 0.3 is 0 Å². The first kappa shape index (κ1) is 16.5. The molecule has 118 valence electrons. The first-order valence-electron chi connectivity index (χ1n) is 7.88. The monoisotopic (exact) mass is 310 g/mol. The average Bonchev–Trinajstić information content (AvgIpc) is 2.48. The van der Waals surface area contributed by atoms with E-state index in [9.17, 15) is 8.42 Å². The van der Waals surface area contributed by atoms with E-state index < -0.39 is 10.0 Å². The fourth-order valence-corrected chi connectivity index (χ4v) is 4.12. The maximum Gasteiger partial charge on any atom is 0.212 e. The lowest BCUT2D eigenvalue weighted by molar-refractivity contribution is 0.332. The van der Waals surface area contributed by atoms with Gasteiger partial charge in [-0.05, 0) is 24.3 Å². The quantitative estimate of drug-likeness (QED) is 0.812. The molecular weight excluding hydrogens is 284 g/mol. The summed E-state index contributed by atoms with van der Waals surface area (Å²) < 4.78 is 25.9. The molecule has 0 saturated heterocycles. The van der Waals surface area contributed by atoms with Crippen LogP contribution in [-0.2, 0) is 10.0 Å². The topological polar surface area (TPSA) is 58.2 Å². The van der Waals surface area contributed by atoms with Gasteiger partial charge in [-0.3, -0.25) is 0 Å². The summed E-state index contributed by atoms with van der Waals surface area (Å²) in [5.74, 6) is 0.653. The van der Waals surface area contributed by atoms with Crippen LogP contribution < -0.4 is 10.0 Å². The highest BCUT2D eigenvalue weighted by atomic mass is 32.2. The van der Waals surface area contributed by atoms with Crippen LogP contribution in [0.4, 0.5) is 0 Å². The van der Waals surface area contributed by atoms with Gasteiger partial charge in [-0.25, -0.2) is 13.1 Å². The van der Waals surface area contributed by atoms with Crippen molar-refractivity contribution in [1.29, 1.82) is 0 Å². The standard InChI is InChI=1S/C16H26N2O2S/c1-2-18-21(19,20)13-12-17-16-11-7-6-10-15(16)14-8-4-3-5-9-14/h3-5,8-9,15-18H,2,6-7,10-13H2,1H3. The molecule has 0 aliphatic heterocycles. The average molecular weight is 310 g/mol. The van der Waals surface area contributed by atoms with Crippen molar-refractivity contribution < 1.29 is 8.42 Å². The van der Waals surface area contributed by atoms with Crippen LogP contribution in [0, 0.1) is 0 Å². The largest absolute Gasteiger partial charge is 0.312 e. The summed E-state index contributed by atoms with van der Waals surface area (Å²) in [7, 11) is -3.13. The van der Waals surface area contributed by atoms with E-state index in [4.69, 9.17) is 0 Å². The van der Waals surface area contributed by atoms with E-state index in [-0.39, 0.29) is 5.75 Å². The molecule has 0 radical (unpaired) electrons. The molecule has 5 heteroatoms. The lowest BCUT2D eigenvalue weighted by Crippen LogP contribution is -2.41. The maximum atomic E-state index is 11.7. The molecule has 0 heterocycles. The third kappa shape index (κ3) is 5.09. The second-order valence-electron chi connectivity index (χ2n) is 5.68. The molecule has 2 rings (SSSR count). The predicted molar refractivity (Wildman–Crippen MR) is 86.9 cm³/mol. The first-order valence-corrected chi connectivity index (χ1v) is 9.53. The zero-order chi connectivity index (χ0) is 15.1. The molecule has 2 unspecified atom stereocenters. The fraction of sp³-hybridized carbons (Fsp3) is 0.625. The molecule has 1 aromatic carbocycles. The van der Waals surface area contributed by atoms with Crippen molar-refractivity contribution in [3.63, 3.8) is 0 Å². The highest BCUT2D eigenvalue weighted by Gasteiger charge is 2.26. The van der Waals surface area contributed by atoms with Gasteiger partial charge in [-0.15, -0.1) is 0 Å². The minimum Gasteiger partial charge on any atom is -0.312 e. The second kappa shape index (κ2) is 7.92. The van der Waals surface area contributed by atoms with Crippen LogP contribution in [0.5, 0.6) is 0 Å². The van der Waals surface area contributed by atoms with Crippen LogP contribution in [0.1, 0.15) is 44.1 Å². The SMILES string of the molecule is CCNS(=O)(=O)CCNC1CCCCC1c1ccccc1. The zero-order valence-electron chi connectivity index (χ0n) is 12.7. The Hall–Kier alpha value is -0.910. The van der Waals surface area contributed by atoms with Gasteiger partial charge in [-0.2, -0.15) is 0 Å². The second-order valence-corrected chi connectivity index (χ2v) is 7.61. The first-order chi connectivity index (χ1) is 10.1. The molecular formula is C16H26N2O2S. The van der Waals surface area contributed by atoms with Gasteiger partial charge in [0.1, 0.15) is 0 Å². The van der Waals surface area contributed by atoms with Crippen molar-refractivity contribution in [2.24, 2.45) is 0 Å². The minimum absolute atomic E-state index is 0.152. The summed E-state index contributed by atoms with van der Waals surface area (Å²) in [4.78, 5) is 0. The number of benzene rings is 1. The molecule has 1 aliphatic rings. The van der Waals surface area contributed by atoms with Gasteiger partial charge in [0.2, 0.25) is 10.0 Å². The number of hydrogen-bond donors (Lipinski definition) is 2. The van der Waals surface area contributed by atoms with Crippen molar-refractivity contribution in [1.82, 2.24) is 10.0 Å². The normalized spacial score (nSPS) is 23.1. The van der Waals surface area contributed by atoms with Crippen LogP contribution in [0.15, 0.2) is 30.3 Å². The number of hydrogen-bond acceptors (Lipinski definition) is 3. The van der Waals surface area contributed by atoms with Crippen molar-refractivity contribution in [3.8, 4) is 0 Å². The summed E-state index contributed by atoms with van der Waals surface area (Å²) >= 11 is 0. The van der Waals surface area contributed by atoms with E-state index in [0.717, 1.165) is 6.42 Å². The molecule has 0 aromatic heterocycles. The summed E-state index contributed by atoms with van der Waals surface area (Å²) in [5, 5.41) is 3.47. The molecule has 21 heavy (non-hydrogen) atoms. The molecule has 0 bridgehead atoms. The molecule has 1 aromatic rings. The Morgan fingerprint density at radius 1 is 1.14 bits per heavy atom. The van der Waals surface area contributed by atoms with Crippen molar-refractivity contribution in [2.75, 3.05) is 18.8 Å². The van der Waals surface area contributed by atoms with Gasteiger partial charge in [0.05, 0.1) is 5.75 Å². The molecule has 4 nitrogen and oxygen atoms in total. The zero-order valence-corrected chi connectivity index (χ0v) is 13.5. The van der Waals surface area contributed by atoms with E-state index in [1.807, 2.05) is 6.07 Å². The molecule has 0 amide bonds. The van der Waals surface area contributed by atoms with Gasteiger partial charge in [0, 0.05) is 19.1 Å². The van der Waals surface area contributed by atoms with Gasteiger partial charge in [-0.1, -0.05) is 50.1 Å². The highest BCUT2D eigenvalue weighted by Crippen LogP contribution is 2.32. The van der Waals surface area contributed by atoms with E-state index in [2.05, 4.69) is 34.3 Å². The van der Waals surface area contributed by atoms with E-state index >= 15 is 0 Å². The summed E-state index contributed by atoms with van der Waals surface area (Å²) in [6.07, 6.45) is 4.79. The Morgan fingerprint density at radius 2 is 1.86 bits per heavy atom.